The number of carbonyl (C=O) groups excluding carboxylic acids is 1. The number of hydrogen-bond acceptors (Lipinski definition) is 6. The van der Waals surface area contributed by atoms with Crippen molar-refractivity contribution in [1.29, 1.82) is 0 Å². The Hall–Kier alpha value is -3.91. The minimum absolute atomic E-state index is 0.0768. The molecule has 3 heterocycles. The van der Waals surface area contributed by atoms with E-state index >= 15 is 0 Å². The molecule has 0 atom stereocenters. The maximum absolute atomic E-state index is 13.2. The fraction of sp³-hybridized carbons (Fsp3) is 0.148. The van der Waals surface area contributed by atoms with Crippen LogP contribution < -0.4 is 15.6 Å². The quantitative estimate of drug-likeness (QED) is 0.362. The van der Waals surface area contributed by atoms with Crippen molar-refractivity contribution in [1.82, 2.24) is 9.55 Å². The Balaban J connectivity index is 1.31. The van der Waals surface area contributed by atoms with Crippen molar-refractivity contribution in [3.63, 3.8) is 0 Å². The monoisotopic (exact) mass is 487 g/mol. The molecule has 6 nitrogen and oxygen atoms in total. The van der Waals surface area contributed by atoms with E-state index in [9.17, 15) is 14.0 Å². The first-order valence-electron chi connectivity index (χ1n) is 11.2. The van der Waals surface area contributed by atoms with Crippen molar-refractivity contribution in [2.45, 2.75) is 17.7 Å². The highest BCUT2D eigenvalue weighted by molar-refractivity contribution is 7.99. The molecule has 0 spiro atoms. The summed E-state index contributed by atoms with van der Waals surface area (Å²) in [6.45, 7) is 0.884. The molecule has 4 aromatic rings. The summed E-state index contributed by atoms with van der Waals surface area (Å²) in [5, 5.41) is 3.33. The van der Waals surface area contributed by atoms with E-state index in [1.165, 1.54) is 34.9 Å². The molecular formula is C27H22FN3O3S. The highest BCUT2D eigenvalue weighted by atomic mass is 32.2. The smallest absolute Gasteiger partial charge is 0.265 e. The number of fused-ring (bicyclic) bond motifs is 1. The molecule has 8 heteroatoms. The molecule has 0 fully saturated rings. The highest BCUT2D eigenvalue weighted by Gasteiger charge is 2.16. The summed E-state index contributed by atoms with van der Waals surface area (Å²) in [7, 11) is 0. The van der Waals surface area contributed by atoms with Crippen molar-refractivity contribution < 1.29 is 13.9 Å². The van der Waals surface area contributed by atoms with Crippen LogP contribution in [0.25, 0.3) is 5.69 Å². The van der Waals surface area contributed by atoms with Gasteiger partial charge in [0.2, 0.25) is 0 Å². The lowest BCUT2D eigenvalue weighted by Crippen LogP contribution is -2.25. The summed E-state index contributed by atoms with van der Waals surface area (Å²) < 4.78 is 20.7. The van der Waals surface area contributed by atoms with Crippen LogP contribution in [0.15, 0.2) is 88.8 Å². The summed E-state index contributed by atoms with van der Waals surface area (Å²) in [6, 6.07) is 17.8. The van der Waals surface area contributed by atoms with E-state index in [4.69, 9.17) is 4.74 Å². The van der Waals surface area contributed by atoms with E-state index in [1.54, 1.807) is 30.2 Å². The van der Waals surface area contributed by atoms with E-state index in [0.717, 1.165) is 40.7 Å². The van der Waals surface area contributed by atoms with Gasteiger partial charge in [-0.05, 0) is 66.3 Å². The molecule has 0 amide bonds. The third-order valence-electron chi connectivity index (χ3n) is 5.60. The SMILES string of the molecule is O=C(Cc1ccc(Oc2ccnc3c2SCCCN3)cc1)c1cccn(-c2ccc(F)cc2)c1=O. The standard InChI is InChI=1S/C27H22FN3O3S/c28-19-6-8-20(9-7-19)31-15-1-3-22(27(31)33)23(32)17-18-4-10-21(11-5-18)34-24-12-14-30-26-25(24)35-16-2-13-29-26/h1,3-12,14-15H,2,13,16-17H2,(H,29,30). The van der Waals surface area contributed by atoms with Crippen LogP contribution in [0, 0.1) is 5.82 Å². The van der Waals surface area contributed by atoms with Gasteiger partial charge in [-0.3, -0.25) is 14.2 Å². The van der Waals surface area contributed by atoms with E-state index in [-0.39, 0.29) is 17.8 Å². The van der Waals surface area contributed by atoms with Crippen LogP contribution in [0.3, 0.4) is 0 Å². The summed E-state index contributed by atoms with van der Waals surface area (Å²) in [4.78, 5) is 31.2. The highest BCUT2D eigenvalue weighted by Crippen LogP contribution is 2.38. The molecule has 2 aromatic carbocycles. The first-order chi connectivity index (χ1) is 17.1. The number of Topliss-reactive ketones (excluding diaryl/α,β-unsaturated/α-hetero) is 1. The number of anilines is 1. The number of pyridine rings is 2. The number of ether oxygens (including phenoxy) is 1. The third kappa shape index (κ3) is 5.12. The molecule has 0 saturated carbocycles. The van der Waals surface area contributed by atoms with Crippen molar-refractivity contribution in [3.05, 3.63) is 106 Å². The number of carbonyl (C=O) groups is 1. The van der Waals surface area contributed by atoms with Gasteiger partial charge in [0.25, 0.3) is 5.56 Å². The van der Waals surface area contributed by atoms with Crippen molar-refractivity contribution >= 4 is 23.4 Å². The molecule has 1 N–H and O–H groups in total. The number of nitrogens with one attached hydrogen (secondary N) is 1. The molecular weight excluding hydrogens is 465 g/mol. The van der Waals surface area contributed by atoms with Gasteiger partial charge in [-0.25, -0.2) is 9.37 Å². The Morgan fingerprint density at radius 1 is 1.09 bits per heavy atom. The van der Waals surface area contributed by atoms with Gasteiger partial charge >= 0.3 is 0 Å². The average molecular weight is 488 g/mol. The van der Waals surface area contributed by atoms with Crippen molar-refractivity contribution in [2.75, 3.05) is 17.6 Å². The summed E-state index contributed by atoms with van der Waals surface area (Å²) >= 11 is 1.72. The lowest BCUT2D eigenvalue weighted by molar-refractivity contribution is 0.0991. The largest absolute Gasteiger partial charge is 0.456 e. The van der Waals surface area contributed by atoms with E-state index in [1.807, 2.05) is 30.3 Å². The maximum Gasteiger partial charge on any atom is 0.265 e. The molecule has 2 aromatic heterocycles. The predicted molar refractivity (Wildman–Crippen MR) is 135 cm³/mol. The second-order valence-electron chi connectivity index (χ2n) is 8.04. The molecule has 1 aliphatic heterocycles. The molecule has 0 aliphatic carbocycles. The van der Waals surface area contributed by atoms with Crippen molar-refractivity contribution in [2.24, 2.45) is 0 Å². The van der Waals surface area contributed by atoms with Crippen LogP contribution in [0.4, 0.5) is 10.2 Å². The number of ketones is 1. The van der Waals surface area contributed by atoms with Crippen LogP contribution in [-0.4, -0.2) is 27.6 Å². The summed E-state index contributed by atoms with van der Waals surface area (Å²) in [5.41, 5.74) is 0.910. The lowest BCUT2D eigenvalue weighted by atomic mass is 10.0. The van der Waals surface area contributed by atoms with Gasteiger partial charge in [-0.15, -0.1) is 11.8 Å². The molecule has 5 rings (SSSR count). The Morgan fingerprint density at radius 3 is 2.69 bits per heavy atom. The van der Waals surface area contributed by atoms with Crippen LogP contribution in [0.1, 0.15) is 22.3 Å². The first-order valence-corrected chi connectivity index (χ1v) is 12.2. The van der Waals surface area contributed by atoms with Crippen LogP contribution in [-0.2, 0) is 6.42 Å². The number of hydrogen-bond donors (Lipinski definition) is 1. The fourth-order valence-electron chi connectivity index (χ4n) is 3.82. The number of thioether (sulfide) groups is 1. The zero-order valence-corrected chi connectivity index (χ0v) is 19.6. The Labute approximate surface area is 205 Å². The fourth-order valence-corrected chi connectivity index (χ4v) is 4.83. The summed E-state index contributed by atoms with van der Waals surface area (Å²) in [5.74, 6) is 2.53. The predicted octanol–water partition coefficient (Wildman–Crippen LogP) is 5.50. The average Bonchev–Trinajstić information content (AvgIpc) is 3.12. The minimum atomic E-state index is -0.437. The van der Waals surface area contributed by atoms with Crippen LogP contribution in [0.5, 0.6) is 11.5 Å². The number of benzene rings is 2. The number of rotatable bonds is 6. The molecule has 176 valence electrons. The van der Waals surface area contributed by atoms with Gasteiger partial charge in [-0.1, -0.05) is 12.1 Å². The van der Waals surface area contributed by atoms with Crippen LogP contribution >= 0.6 is 11.8 Å². The Kier molecular flexibility index (Phi) is 6.63. The molecule has 0 saturated heterocycles. The van der Waals surface area contributed by atoms with Gasteiger partial charge < -0.3 is 10.1 Å². The van der Waals surface area contributed by atoms with E-state index < -0.39 is 11.4 Å². The topological polar surface area (TPSA) is 73.2 Å². The molecule has 1 aliphatic rings. The Morgan fingerprint density at radius 2 is 1.89 bits per heavy atom. The first kappa shape index (κ1) is 22.9. The zero-order valence-electron chi connectivity index (χ0n) is 18.7. The molecule has 35 heavy (non-hydrogen) atoms. The second kappa shape index (κ2) is 10.1. The van der Waals surface area contributed by atoms with Gasteiger partial charge in [0, 0.05) is 37.1 Å². The molecule has 0 bridgehead atoms. The number of nitrogens with zero attached hydrogens (tertiary/aromatic N) is 2. The van der Waals surface area contributed by atoms with Crippen LogP contribution in [0.2, 0.25) is 0 Å². The lowest BCUT2D eigenvalue weighted by Gasteiger charge is -2.13. The van der Waals surface area contributed by atoms with E-state index in [0.29, 0.717) is 11.4 Å². The van der Waals surface area contributed by atoms with Gasteiger partial charge in [0.05, 0.1) is 10.5 Å². The maximum atomic E-state index is 13.2. The normalized spacial score (nSPS) is 12.8. The van der Waals surface area contributed by atoms with E-state index in [2.05, 4.69) is 10.3 Å². The van der Waals surface area contributed by atoms with Gasteiger partial charge in [0.15, 0.2) is 5.78 Å². The Bertz CT molecular complexity index is 1420. The van der Waals surface area contributed by atoms with Gasteiger partial charge in [0.1, 0.15) is 23.1 Å². The zero-order chi connectivity index (χ0) is 24.2. The molecule has 0 unspecified atom stereocenters. The second-order valence-corrected chi connectivity index (χ2v) is 9.14. The molecule has 0 radical (unpaired) electrons. The van der Waals surface area contributed by atoms with Gasteiger partial charge in [-0.2, -0.15) is 0 Å². The number of halogens is 1. The minimum Gasteiger partial charge on any atom is -0.456 e. The number of aromatic nitrogens is 2. The summed E-state index contributed by atoms with van der Waals surface area (Å²) in [6.07, 6.45) is 4.41. The third-order valence-corrected chi connectivity index (χ3v) is 6.77. The van der Waals surface area contributed by atoms with Crippen molar-refractivity contribution in [3.8, 4) is 17.2 Å².